The Morgan fingerprint density at radius 2 is 1.22 bits per heavy atom. The van der Waals surface area contributed by atoms with Crippen LogP contribution >= 0.6 is 0 Å². The second-order valence-corrected chi connectivity index (χ2v) is 26.3. The van der Waals surface area contributed by atoms with Gasteiger partial charge in [0.1, 0.15) is 0 Å². The Morgan fingerprint density at radius 3 is 1.56 bits per heavy atom. The molecule has 36 heavy (non-hydrogen) atoms. The first-order valence-electron chi connectivity index (χ1n) is 13.0. The van der Waals surface area contributed by atoms with Crippen molar-refractivity contribution >= 4 is 11.3 Å². The third-order valence-corrected chi connectivity index (χ3v) is 17.9. The van der Waals surface area contributed by atoms with E-state index in [1.165, 1.54) is 28.7 Å². The normalized spacial score (nSPS) is 15.1. The standard InChI is InChI=1S/C21H25.C8H13Si.C3H6.2ClH.Zr/c1-20(2,3)16-7-9-18-14(12-16)11-15-13-17(21(4,5)6)8-10-19(15)18;1-9(2,3)8-6-4-5-7-8;1-3-2;;;/h7-13H,1-6H3;6-7H,4H2,1-3H3;1-2H3;2*1H;/q;;;;;+2/p-2. The van der Waals surface area contributed by atoms with Crippen molar-refractivity contribution in [3.05, 3.63) is 79.3 Å². The van der Waals surface area contributed by atoms with Gasteiger partial charge in [0.25, 0.3) is 0 Å². The van der Waals surface area contributed by atoms with Gasteiger partial charge in [-0.25, -0.2) is 0 Å². The quantitative estimate of drug-likeness (QED) is 0.464. The first-order valence-corrected chi connectivity index (χ1v) is 20.3. The van der Waals surface area contributed by atoms with E-state index in [1.54, 1.807) is 19.5 Å². The molecule has 0 heterocycles. The molecule has 0 saturated carbocycles. The minimum atomic E-state index is -2.16. The van der Waals surface area contributed by atoms with Gasteiger partial charge >= 0.3 is 219 Å². The Morgan fingerprint density at radius 1 is 0.778 bits per heavy atom. The Kier molecular flexibility index (Phi) is 9.61. The van der Waals surface area contributed by atoms with Gasteiger partial charge < -0.3 is 24.8 Å². The zero-order valence-corrected chi connectivity index (χ0v) is 29.1. The number of allylic oxidation sites excluding steroid dienone is 4. The summed E-state index contributed by atoms with van der Waals surface area (Å²) in [5.41, 5.74) is 9.49. The molecule has 0 fully saturated rings. The van der Waals surface area contributed by atoms with Crippen molar-refractivity contribution in [1.82, 2.24) is 0 Å². The summed E-state index contributed by atoms with van der Waals surface area (Å²) in [6, 6.07) is 14.8. The van der Waals surface area contributed by atoms with Crippen molar-refractivity contribution in [2.24, 2.45) is 0 Å². The SMILES string of the molecule is C[C](C)=[Zr+2]([C]1=CC([Si](C)(C)C)=CC1)[CH]1c2cc(C(C)(C)C)ccc2-c2ccc(C(C)(C)C)cc21.[Cl-].[Cl-]. The minimum Gasteiger partial charge on any atom is -1.00 e. The second kappa shape index (κ2) is 10.9. The maximum Gasteiger partial charge on any atom is -1.00 e. The topological polar surface area (TPSA) is 0 Å². The maximum atomic E-state index is 2.67. The predicted octanol–water partition coefficient (Wildman–Crippen LogP) is 3.28. The number of benzene rings is 2. The van der Waals surface area contributed by atoms with E-state index >= 15 is 0 Å². The van der Waals surface area contributed by atoms with E-state index in [0.717, 1.165) is 0 Å². The largest absolute Gasteiger partial charge is 1.00 e. The van der Waals surface area contributed by atoms with E-state index in [-0.39, 0.29) is 35.6 Å². The third-order valence-electron chi connectivity index (χ3n) is 7.66. The molecular weight excluding hydrogens is 575 g/mol. The van der Waals surface area contributed by atoms with Gasteiger partial charge in [-0.15, -0.1) is 0 Å². The van der Waals surface area contributed by atoms with Gasteiger partial charge in [0.05, 0.1) is 0 Å². The average Bonchev–Trinajstić information content (AvgIpc) is 3.30. The van der Waals surface area contributed by atoms with Crippen LogP contribution in [-0.2, 0) is 32.1 Å². The van der Waals surface area contributed by atoms with E-state index in [4.69, 9.17) is 0 Å². The van der Waals surface area contributed by atoms with Crippen molar-refractivity contribution in [3.8, 4) is 11.1 Å². The van der Waals surface area contributed by atoms with Gasteiger partial charge in [-0.3, -0.25) is 0 Å². The van der Waals surface area contributed by atoms with Gasteiger partial charge in [0, 0.05) is 0 Å². The molecule has 0 N–H and O–H groups in total. The Bertz CT molecular complexity index is 1180. The molecular formula is C32H44Cl2SiZr. The van der Waals surface area contributed by atoms with Gasteiger partial charge in [-0.2, -0.15) is 0 Å². The smallest absolute Gasteiger partial charge is 1.00 e. The maximum absolute atomic E-state index is 2.67. The monoisotopic (exact) mass is 616 g/mol. The fourth-order valence-electron chi connectivity index (χ4n) is 5.54. The van der Waals surface area contributed by atoms with E-state index in [0.29, 0.717) is 3.63 Å². The van der Waals surface area contributed by atoms with Crippen LogP contribution in [0.4, 0.5) is 0 Å². The fraction of sp³-hybridized carbons (Fsp3) is 0.469. The summed E-state index contributed by atoms with van der Waals surface area (Å²) >= 11 is -2.16. The second-order valence-electron chi connectivity index (χ2n) is 13.7. The predicted molar refractivity (Wildman–Crippen MR) is 152 cm³/mol. The zero-order valence-electron chi connectivity index (χ0n) is 24.2. The Hall–Kier alpha value is -0.530. The molecule has 0 amide bonds. The van der Waals surface area contributed by atoms with Crippen LogP contribution in [0.5, 0.6) is 0 Å². The summed E-state index contributed by atoms with van der Waals surface area (Å²) in [6.07, 6.45) is 6.45. The number of hydrogen-bond donors (Lipinski definition) is 0. The molecule has 0 bridgehead atoms. The molecule has 0 nitrogen and oxygen atoms in total. The van der Waals surface area contributed by atoms with Crippen molar-refractivity contribution in [2.45, 2.75) is 95.9 Å². The van der Waals surface area contributed by atoms with Gasteiger partial charge in [0.15, 0.2) is 0 Å². The summed E-state index contributed by atoms with van der Waals surface area (Å²) in [7, 11) is -1.29. The molecule has 4 rings (SSSR count). The summed E-state index contributed by atoms with van der Waals surface area (Å²) in [5.74, 6) is 0. The number of fused-ring (bicyclic) bond motifs is 3. The fourth-order valence-corrected chi connectivity index (χ4v) is 15.4. The van der Waals surface area contributed by atoms with Gasteiger partial charge in [-0.1, -0.05) is 0 Å². The van der Waals surface area contributed by atoms with E-state index in [1.807, 2.05) is 3.28 Å². The molecule has 194 valence electrons. The molecule has 0 aliphatic heterocycles. The van der Waals surface area contributed by atoms with Crippen LogP contribution in [0.1, 0.15) is 87.7 Å². The molecule has 2 aromatic carbocycles. The number of halogens is 2. The average molecular weight is 619 g/mol. The number of rotatable bonds is 3. The van der Waals surface area contributed by atoms with Crippen LogP contribution in [0.3, 0.4) is 0 Å². The summed E-state index contributed by atoms with van der Waals surface area (Å²) in [5, 5.41) is 1.67. The first kappa shape index (κ1) is 31.7. The van der Waals surface area contributed by atoms with Crippen LogP contribution < -0.4 is 24.8 Å². The van der Waals surface area contributed by atoms with Crippen LogP contribution in [0.15, 0.2) is 57.0 Å². The third kappa shape index (κ3) is 6.03. The van der Waals surface area contributed by atoms with Crippen LogP contribution in [0.25, 0.3) is 11.1 Å². The molecule has 0 aromatic heterocycles. The Labute approximate surface area is 242 Å². The van der Waals surface area contributed by atoms with Crippen LogP contribution in [0, 0.1) is 0 Å². The van der Waals surface area contributed by atoms with E-state index in [2.05, 4.69) is 124 Å². The van der Waals surface area contributed by atoms with Gasteiger partial charge in [0.2, 0.25) is 0 Å². The summed E-state index contributed by atoms with van der Waals surface area (Å²) in [4.78, 5) is 0. The minimum absolute atomic E-state index is 0. The molecule has 0 spiro atoms. The molecule has 0 saturated heterocycles. The van der Waals surface area contributed by atoms with Gasteiger partial charge in [-0.05, 0) is 0 Å². The van der Waals surface area contributed by atoms with E-state index in [9.17, 15) is 0 Å². The van der Waals surface area contributed by atoms with Crippen molar-refractivity contribution in [2.75, 3.05) is 0 Å². The van der Waals surface area contributed by atoms with Crippen molar-refractivity contribution < 1.29 is 46.1 Å². The summed E-state index contributed by atoms with van der Waals surface area (Å²) < 4.78 is 4.12. The molecule has 2 aromatic rings. The van der Waals surface area contributed by atoms with Crippen molar-refractivity contribution in [3.63, 3.8) is 0 Å². The molecule has 0 atom stereocenters. The molecule has 4 heteroatoms. The first-order chi connectivity index (χ1) is 15.6. The van der Waals surface area contributed by atoms with Crippen molar-refractivity contribution in [1.29, 1.82) is 0 Å². The molecule has 2 aliphatic rings. The summed E-state index contributed by atoms with van der Waals surface area (Å²) in [6.45, 7) is 26.5. The van der Waals surface area contributed by atoms with E-state index < -0.39 is 29.3 Å². The molecule has 0 radical (unpaired) electrons. The number of hydrogen-bond acceptors (Lipinski definition) is 0. The zero-order chi connectivity index (χ0) is 25.2. The van der Waals surface area contributed by atoms with Crippen LogP contribution in [-0.4, -0.2) is 11.3 Å². The van der Waals surface area contributed by atoms with Crippen LogP contribution in [0.2, 0.25) is 19.6 Å². The Balaban J connectivity index is 0.00000228. The molecule has 0 unspecified atom stereocenters. The molecule has 2 aliphatic carbocycles.